The van der Waals surface area contributed by atoms with Gasteiger partial charge in [-0.3, -0.25) is 9.48 Å². The SMILES string of the molecule is CCc1cc(C(=O)NC(CCl)CCOC)n(CC)n1. The van der Waals surface area contributed by atoms with Crippen LogP contribution in [0.5, 0.6) is 0 Å². The van der Waals surface area contributed by atoms with Crippen LogP contribution in [0.15, 0.2) is 6.07 Å². The van der Waals surface area contributed by atoms with E-state index in [0.29, 0.717) is 31.1 Å². The second-order valence-corrected chi connectivity index (χ2v) is 4.61. The standard InChI is InChI=1S/C13H22ClN3O2/c1-4-10-8-12(17(5-2)16-10)13(18)15-11(9-14)6-7-19-3/h8,11H,4-7,9H2,1-3H3,(H,15,18). The van der Waals surface area contributed by atoms with Crippen LogP contribution in [0.2, 0.25) is 0 Å². The highest BCUT2D eigenvalue weighted by molar-refractivity contribution is 6.18. The third-order valence-electron chi connectivity index (χ3n) is 2.92. The fraction of sp³-hybridized carbons (Fsp3) is 0.692. The number of rotatable bonds is 8. The van der Waals surface area contributed by atoms with E-state index in [0.717, 1.165) is 12.1 Å². The minimum Gasteiger partial charge on any atom is -0.385 e. The Labute approximate surface area is 119 Å². The van der Waals surface area contributed by atoms with E-state index in [4.69, 9.17) is 16.3 Å². The maximum absolute atomic E-state index is 12.2. The predicted molar refractivity (Wildman–Crippen MR) is 75.7 cm³/mol. The lowest BCUT2D eigenvalue weighted by atomic mass is 10.2. The first-order chi connectivity index (χ1) is 9.15. The molecule has 5 nitrogen and oxygen atoms in total. The molecule has 0 radical (unpaired) electrons. The molecule has 1 N–H and O–H groups in total. The minimum absolute atomic E-state index is 0.0839. The van der Waals surface area contributed by atoms with Crippen molar-refractivity contribution < 1.29 is 9.53 Å². The first kappa shape index (κ1) is 16.0. The van der Waals surface area contributed by atoms with Crippen LogP contribution in [0.25, 0.3) is 0 Å². The van der Waals surface area contributed by atoms with Crippen LogP contribution in [0.4, 0.5) is 0 Å². The molecule has 1 atom stereocenters. The van der Waals surface area contributed by atoms with Crippen LogP contribution in [0.1, 0.15) is 36.5 Å². The average molecular weight is 288 g/mol. The van der Waals surface area contributed by atoms with Gasteiger partial charge in [0.05, 0.1) is 5.69 Å². The van der Waals surface area contributed by atoms with Gasteiger partial charge in [-0.05, 0) is 25.8 Å². The van der Waals surface area contributed by atoms with Crippen molar-refractivity contribution in [1.29, 1.82) is 0 Å². The van der Waals surface area contributed by atoms with Gasteiger partial charge in [-0.1, -0.05) is 6.92 Å². The van der Waals surface area contributed by atoms with Gasteiger partial charge < -0.3 is 10.1 Å². The summed E-state index contributed by atoms with van der Waals surface area (Å²) in [4.78, 5) is 12.2. The molecule has 0 fully saturated rings. The topological polar surface area (TPSA) is 56.1 Å². The Kier molecular flexibility index (Phi) is 6.87. The van der Waals surface area contributed by atoms with E-state index in [1.807, 2.05) is 19.9 Å². The number of halogens is 1. The molecule has 1 heterocycles. The molecule has 0 aliphatic carbocycles. The van der Waals surface area contributed by atoms with Crippen LogP contribution in [-0.2, 0) is 17.7 Å². The highest BCUT2D eigenvalue weighted by Crippen LogP contribution is 2.07. The number of aryl methyl sites for hydroxylation is 2. The molecule has 0 saturated carbocycles. The molecule has 19 heavy (non-hydrogen) atoms. The number of ether oxygens (including phenoxy) is 1. The van der Waals surface area contributed by atoms with Crippen molar-refractivity contribution in [2.24, 2.45) is 0 Å². The molecule has 0 bridgehead atoms. The largest absolute Gasteiger partial charge is 0.385 e. The van der Waals surface area contributed by atoms with Gasteiger partial charge in [-0.2, -0.15) is 5.10 Å². The lowest BCUT2D eigenvalue weighted by Gasteiger charge is -2.15. The lowest BCUT2D eigenvalue weighted by molar-refractivity contribution is 0.0919. The summed E-state index contributed by atoms with van der Waals surface area (Å²) in [5, 5.41) is 7.28. The number of nitrogens with zero attached hydrogens (tertiary/aromatic N) is 2. The molecule has 1 aromatic rings. The third-order valence-corrected chi connectivity index (χ3v) is 3.29. The van der Waals surface area contributed by atoms with Crippen LogP contribution >= 0.6 is 11.6 Å². The molecule has 108 valence electrons. The normalized spacial score (nSPS) is 12.4. The molecule has 0 aliphatic rings. The lowest BCUT2D eigenvalue weighted by Crippen LogP contribution is -2.38. The van der Waals surface area contributed by atoms with Crippen LogP contribution in [0.3, 0.4) is 0 Å². The molecule has 6 heteroatoms. The fourth-order valence-corrected chi connectivity index (χ4v) is 2.01. The summed E-state index contributed by atoms with van der Waals surface area (Å²) in [5.74, 6) is 0.242. The molecule has 1 aromatic heterocycles. The Hall–Kier alpha value is -1.07. The Morgan fingerprint density at radius 2 is 2.32 bits per heavy atom. The summed E-state index contributed by atoms with van der Waals surface area (Å²) in [7, 11) is 1.63. The quantitative estimate of drug-likeness (QED) is 0.742. The molecular weight excluding hydrogens is 266 g/mol. The van der Waals surface area contributed by atoms with Crippen molar-refractivity contribution in [2.75, 3.05) is 19.6 Å². The maximum atomic E-state index is 12.2. The minimum atomic E-state index is -0.129. The van der Waals surface area contributed by atoms with E-state index in [-0.39, 0.29) is 11.9 Å². The first-order valence-corrected chi connectivity index (χ1v) is 7.12. The number of aromatic nitrogens is 2. The second-order valence-electron chi connectivity index (χ2n) is 4.30. The molecule has 1 amide bonds. The van der Waals surface area contributed by atoms with E-state index < -0.39 is 0 Å². The van der Waals surface area contributed by atoms with Gasteiger partial charge in [-0.15, -0.1) is 11.6 Å². The summed E-state index contributed by atoms with van der Waals surface area (Å²) in [6.07, 6.45) is 1.52. The number of amides is 1. The average Bonchev–Trinajstić information content (AvgIpc) is 2.86. The Balaban J connectivity index is 2.73. The van der Waals surface area contributed by atoms with Crippen molar-refractivity contribution in [3.8, 4) is 0 Å². The fourth-order valence-electron chi connectivity index (χ4n) is 1.77. The zero-order chi connectivity index (χ0) is 14.3. The number of carbonyl (C=O) groups excluding carboxylic acids is 1. The van der Waals surface area contributed by atoms with E-state index in [2.05, 4.69) is 10.4 Å². The summed E-state index contributed by atoms with van der Waals surface area (Å²) in [6, 6.07) is 1.75. The van der Waals surface area contributed by atoms with Crippen LogP contribution < -0.4 is 5.32 Å². The summed E-state index contributed by atoms with van der Waals surface area (Å²) >= 11 is 5.85. The molecule has 1 rings (SSSR count). The molecular formula is C13H22ClN3O2. The van der Waals surface area contributed by atoms with Crippen LogP contribution in [0, 0.1) is 0 Å². The highest BCUT2D eigenvalue weighted by Gasteiger charge is 2.17. The van der Waals surface area contributed by atoms with Gasteiger partial charge in [0.25, 0.3) is 5.91 Å². The number of carbonyl (C=O) groups is 1. The Morgan fingerprint density at radius 3 is 2.84 bits per heavy atom. The van der Waals surface area contributed by atoms with Gasteiger partial charge in [0.2, 0.25) is 0 Å². The first-order valence-electron chi connectivity index (χ1n) is 6.58. The molecule has 0 saturated heterocycles. The second kappa shape index (κ2) is 8.17. The summed E-state index contributed by atoms with van der Waals surface area (Å²) in [6.45, 7) is 5.23. The Bertz CT molecular complexity index is 407. The number of hydrogen-bond donors (Lipinski definition) is 1. The van der Waals surface area contributed by atoms with E-state index in [9.17, 15) is 4.79 Å². The van der Waals surface area contributed by atoms with Gasteiger partial charge in [0, 0.05) is 32.2 Å². The zero-order valence-corrected chi connectivity index (χ0v) is 12.5. The van der Waals surface area contributed by atoms with E-state index in [1.54, 1.807) is 11.8 Å². The molecule has 0 spiro atoms. The monoisotopic (exact) mass is 287 g/mol. The van der Waals surface area contributed by atoms with Crippen molar-refractivity contribution >= 4 is 17.5 Å². The molecule has 0 aromatic carbocycles. The maximum Gasteiger partial charge on any atom is 0.269 e. The van der Waals surface area contributed by atoms with Crippen LogP contribution in [-0.4, -0.2) is 41.3 Å². The van der Waals surface area contributed by atoms with Crippen molar-refractivity contribution in [3.63, 3.8) is 0 Å². The molecule has 0 aliphatic heterocycles. The number of methoxy groups -OCH3 is 1. The highest BCUT2D eigenvalue weighted by atomic mass is 35.5. The predicted octanol–water partition coefficient (Wildman–Crippen LogP) is 1.84. The van der Waals surface area contributed by atoms with Gasteiger partial charge in [0.15, 0.2) is 0 Å². The number of nitrogens with one attached hydrogen (secondary N) is 1. The third kappa shape index (κ3) is 4.51. The van der Waals surface area contributed by atoms with Gasteiger partial charge >= 0.3 is 0 Å². The molecule has 1 unspecified atom stereocenters. The summed E-state index contributed by atoms with van der Waals surface area (Å²) < 4.78 is 6.72. The van der Waals surface area contributed by atoms with Gasteiger partial charge in [-0.25, -0.2) is 0 Å². The Morgan fingerprint density at radius 1 is 1.58 bits per heavy atom. The van der Waals surface area contributed by atoms with E-state index in [1.165, 1.54) is 0 Å². The number of hydrogen-bond acceptors (Lipinski definition) is 3. The van der Waals surface area contributed by atoms with Gasteiger partial charge in [0.1, 0.15) is 5.69 Å². The number of alkyl halides is 1. The van der Waals surface area contributed by atoms with Crippen molar-refractivity contribution in [2.45, 2.75) is 39.3 Å². The van der Waals surface area contributed by atoms with Crippen molar-refractivity contribution in [1.82, 2.24) is 15.1 Å². The summed E-state index contributed by atoms with van der Waals surface area (Å²) in [5.41, 5.74) is 1.51. The van der Waals surface area contributed by atoms with E-state index >= 15 is 0 Å². The zero-order valence-electron chi connectivity index (χ0n) is 11.8. The van der Waals surface area contributed by atoms with Crippen molar-refractivity contribution in [3.05, 3.63) is 17.5 Å². The smallest absolute Gasteiger partial charge is 0.269 e.